The first-order valence-electron chi connectivity index (χ1n) is 5.52. The maximum atomic E-state index is 13.6. The number of nitro benzene ring substituents is 1. The Morgan fingerprint density at radius 3 is 2.45 bits per heavy atom. The van der Waals surface area contributed by atoms with Crippen LogP contribution in [0.3, 0.4) is 0 Å². The van der Waals surface area contributed by atoms with E-state index in [0.29, 0.717) is 0 Å². The van der Waals surface area contributed by atoms with Gasteiger partial charge in [-0.25, -0.2) is 8.78 Å². The van der Waals surface area contributed by atoms with Gasteiger partial charge in [-0.05, 0) is 24.3 Å². The van der Waals surface area contributed by atoms with E-state index >= 15 is 0 Å². The first kappa shape index (κ1) is 13.9. The number of hydrogen-bond acceptors (Lipinski definition) is 4. The van der Waals surface area contributed by atoms with Crippen LogP contribution in [0.1, 0.15) is 5.56 Å². The van der Waals surface area contributed by atoms with Crippen molar-refractivity contribution in [3.05, 3.63) is 63.7 Å². The zero-order chi connectivity index (χ0) is 14.7. The van der Waals surface area contributed by atoms with E-state index in [1.54, 1.807) is 0 Å². The summed E-state index contributed by atoms with van der Waals surface area (Å²) in [4.78, 5) is 9.75. The molecule has 7 heteroatoms. The summed E-state index contributed by atoms with van der Waals surface area (Å²) in [7, 11) is 0. The van der Waals surface area contributed by atoms with Crippen molar-refractivity contribution >= 4 is 5.69 Å². The fourth-order valence-electron chi connectivity index (χ4n) is 1.58. The van der Waals surface area contributed by atoms with Crippen molar-refractivity contribution < 1.29 is 23.5 Å². The number of halogens is 2. The van der Waals surface area contributed by atoms with Crippen LogP contribution >= 0.6 is 0 Å². The summed E-state index contributed by atoms with van der Waals surface area (Å²) >= 11 is 0. The molecule has 0 fully saturated rings. The van der Waals surface area contributed by atoms with Gasteiger partial charge in [0.25, 0.3) is 5.69 Å². The number of nitrogens with zero attached hydrogens (tertiary/aromatic N) is 1. The lowest BCUT2D eigenvalue weighted by molar-refractivity contribution is -0.385. The van der Waals surface area contributed by atoms with Crippen LogP contribution in [0.5, 0.6) is 11.5 Å². The summed E-state index contributed by atoms with van der Waals surface area (Å²) in [6, 6.07) is 6.29. The number of non-ortho nitro benzene ring substituents is 1. The lowest BCUT2D eigenvalue weighted by Crippen LogP contribution is -1.96. The predicted molar refractivity (Wildman–Crippen MR) is 65.5 cm³/mol. The Morgan fingerprint density at radius 1 is 1.15 bits per heavy atom. The Balaban J connectivity index is 2.33. The molecule has 0 spiro atoms. The molecule has 104 valence electrons. The van der Waals surface area contributed by atoms with E-state index in [9.17, 15) is 18.9 Å². The molecule has 2 aromatic rings. The van der Waals surface area contributed by atoms with E-state index in [0.717, 1.165) is 30.3 Å². The highest BCUT2D eigenvalue weighted by atomic mass is 19.1. The summed E-state index contributed by atoms with van der Waals surface area (Å²) in [5, 5.41) is 19.6. The van der Waals surface area contributed by atoms with E-state index in [1.807, 2.05) is 0 Å². The number of hydrogen-bond donors (Lipinski definition) is 1. The topological polar surface area (TPSA) is 72.6 Å². The van der Waals surface area contributed by atoms with Crippen LogP contribution in [0, 0.1) is 21.7 Å². The second-order valence-corrected chi connectivity index (χ2v) is 3.88. The molecule has 0 aliphatic carbocycles. The average molecular weight is 281 g/mol. The van der Waals surface area contributed by atoms with Crippen LogP contribution in [0.15, 0.2) is 36.4 Å². The lowest BCUT2D eigenvalue weighted by Gasteiger charge is -2.10. The molecule has 20 heavy (non-hydrogen) atoms. The Labute approximate surface area is 112 Å². The van der Waals surface area contributed by atoms with Gasteiger partial charge in [0.15, 0.2) is 11.6 Å². The number of nitro groups is 1. The summed E-state index contributed by atoms with van der Waals surface area (Å²) in [5.41, 5.74) is -0.265. The van der Waals surface area contributed by atoms with Gasteiger partial charge in [0.2, 0.25) is 0 Å². The Bertz CT molecular complexity index is 661. The summed E-state index contributed by atoms with van der Waals surface area (Å²) in [5.74, 6) is -1.67. The van der Waals surface area contributed by atoms with E-state index in [2.05, 4.69) is 0 Å². The molecule has 0 aliphatic rings. The van der Waals surface area contributed by atoms with Gasteiger partial charge in [-0.2, -0.15) is 0 Å². The summed E-state index contributed by atoms with van der Waals surface area (Å²) in [6.45, 7) is -0.484. The first-order chi connectivity index (χ1) is 9.51. The smallest absolute Gasteiger partial charge is 0.272 e. The number of rotatable bonds is 4. The van der Waals surface area contributed by atoms with Crippen LogP contribution in [0.25, 0.3) is 0 Å². The molecule has 5 nitrogen and oxygen atoms in total. The van der Waals surface area contributed by atoms with E-state index in [-0.39, 0.29) is 17.1 Å². The van der Waals surface area contributed by atoms with Gasteiger partial charge in [0.05, 0.1) is 17.6 Å². The minimum atomic E-state index is -0.924. The van der Waals surface area contributed by atoms with Crippen molar-refractivity contribution in [3.8, 4) is 11.5 Å². The molecule has 0 unspecified atom stereocenters. The highest BCUT2D eigenvalue weighted by Crippen LogP contribution is 2.30. The molecule has 1 N–H and O–H groups in total. The largest absolute Gasteiger partial charge is 0.454 e. The molecular weight excluding hydrogens is 272 g/mol. The van der Waals surface area contributed by atoms with Crippen molar-refractivity contribution in [1.82, 2.24) is 0 Å². The van der Waals surface area contributed by atoms with Gasteiger partial charge in [-0.15, -0.1) is 0 Å². The molecule has 0 saturated carbocycles. The molecule has 0 bridgehead atoms. The van der Waals surface area contributed by atoms with Crippen molar-refractivity contribution in [2.45, 2.75) is 6.61 Å². The first-order valence-corrected chi connectivity index (χ1v) is 5.52. The minimum absolute atomic E-state index is 0.0710. The maximum Gasteiger partial charge on any atom is 0.272 e. The molecular formula is C13H9F2NO4. The second kappa shape index (κ2) is 5.62. The third-order valence-electron chi connectivity index (χ3n) is 2.54. The normalized spacial score (nSPS) is 10.3. The third-order valence-corrected chi connectivity index (χ3v) is 2.54. The monoisotopic (exact) mass is 281 g/mol. The molecule has 0 heterocycles. The summed E-state index contributed by atoms with van der Waals surface area (Å²) in [6.07, 6.45) is 0. The van der Waals surface area contributed by atoms with Crippen molar-refractivity contribution in [2.75, 3.05) is 0 Å². The second-order valence-electron chi connectivity index (χ2n) is 3.88. The zero-order valence-corrected chi connectivity index (χ0v) is 10.0. The fraction of sp³-hybridized carbons (Fsp3) is 0.0769. The number of aliphatic hydroxyl groups is 1. The highest BCUT2D eigenvalue weighted by Gasteiger charge is 2.13. The van der Waals surface area contributed by atoms with Crippen LogP contribution in [0.4, 0.5) is 14.5 Å². The van der Waals surface area contributed by atoms with Gasteiger partial charge >= 0.3 is 0 Å². The average Bonchev–Trinajstić information content (AvgIpc) is 2.42. The molecule has 0 radical (unpaired) electrons. The molecule has 0 aromatic heterocycles. The lowest BCUT2D eigenvalue weighted by atomic mass is 10.2. The predicted octanol–water partition coefficient (Wildman–Crippen LogP) is 3.16. The SMILES string of the molecule is O=[N+]([O-])c1ccc(Oc2ccc(F)cc2CO)c(F)c1. The maximum absolute atomic E-state index is 13.6. The highest BCUT2D eigenvalue weighted by molar-refractivity contribution is 5.42. The Kier molecular flexibility index (Phi) is 3.90. The third kappa shape index (κ3) is 2.89. The van der Waals surface area contributed by atoms with E-state index < -0.39 is 28.9 Å². The standard InChI is InChI=1S/C13H9F2NO4/c14-9-1-3-12(8(5-9)7-17)20-13-4-2-10(16(18)19)6-11(13)15/h1-6,17H,7H2. The fourth-order valence-corrected chi connectivity index (χ4v) is 1.58. The number of benzene rings is 2. The number of ether oxygens (including phenoxy) is 1. The molecule has 2 rings (SSSR count). The van der Waals surface area contributed by atoms with Crippen molar-refractivity contribution in [3.63, 3.8) is 0 Å². The van der Waals surface area contributed by atoms with Crippen LogP contribution in [-0.2, 0) is 6.61 Å². The zero-order valence-electron chi connectivity index (χ0n) is 10.0. The molecule has 0 atom stereocenters. The Morgan fingerprint density at radius 2 is 1.85 bits per heavy atom. The van der Waals surface area contributed by atoms with Crippen molar-refractivity contribution in [2.24, 2.45) is 0 Å². The number of aliphatic hydroxyl groups excluding tert-OH is 1. The minimum Gasteiger partial charge on any atom is -0.454 e. The van der Waals surface area contributed by atoms with E-state index in [4.69, 9.17) is 9.84 Å². The van der Waals surface area contributed by atoms with Crippen LogP contribution in [0.2, 0.25) is 0 Å². The van der Waals surface area contributed by atoms with Gasteiger partial charge in [-0.3, -0.25) is 10.1 Å². The molecule has 2 aromatic carbocycles. The van der Waals surface area contributed by atoms with Gasteiger partial charge in [0, 0.05) is 11.6 Å². The Hall–Kier alpha value is -2.54. The molecule has 0 saturated heterocycles. The van der Waals surface area contributed by atoms with Crippen molar-refractivity contribution in [1.29, 1.82) is 0 Å². The summed E-state index contributed by atoms with van der Waals surface area (Å²) < 4.78 is 31.8. The quantitative estimate of drug-likeness (QED) is 0.690. The van der Waals surface area contributed by atoms with Crippen LogP contribution < -0.4 is 4.74 Å². The van der Waals surface area contributed by atoms with Gasteiger partial charge in [-0.1, -0.05) is 0 Å². The van der Waals surface area contributed by atoms with Gasteiger partial charge in [0.1, 0.15) is 11.6 Å². The van der Waals surface area contributed by atoms with Gasteiger partial charge < -0.3 is 9.84 Å². The van der Waals surface area contributed by atoms with E-state index in [1.165, 1.54) is 6.07 Å². The van der Waals surface area contributed by atoms with Crippen LogP contribution in [-0.4, -0.2) is 10.0 Å². The molecule has 0 aliphatic heterocycles. The molecule has 0 amide bonds.